The van der Waals surface area contributed by atoms with Crippen molar-refractivity contribution in [2.75, 3.05) is 33.9 Å². The quantitative estimate of drug-likeness (QED) is 0.765. The summed E-state index contributed by atoms with van der Waals surface area (Å²) in [6.45, 7) is 3.78. The number of furan rings is 1. The van der Waals surface area contributed by atoms with Crippen LogP contribution in [0.4, 0.5) is 0 Å². The van der Waals surface area contributed by atoms with Gasteiger partial charge >= 0.3 is 0 Å². The lowest BCUT2D eigenvalue weighted by Gasteiger charge is -2.21. The van der Waals surface area contributed by atoms with Gasteiger partial charge in [-0.1, -0.05) is 0 Å². The zero-order valence-corrected chi connectivity index (χ0v) is 10.7. The standard InChI is InChI=1S/C12H20N2O3/c1-10-4-5-11(17-10)9-14(6-7-16-3)12(15)8-13-2/h4-5,13H,6-9H2,1-3H3. The van der Waals surface area contributed by atoms with Gasteiger partial charge in [0.25, 0.3) is 0 Å². The molecule has 17 heavy (non-hydrogen) atoms. The van der Waals surface area contributed by atoms with Crippen molar-refractivity contribution in [2.24, 2.45) is 0 Å². The molecule has 0 spiro atoms. The average molecular weight is 240 g/mol. The van der Waals surface area contributed by atoms with E-state index in [1.54, 1.807) is 19.1 Å². The van der Waals surface area contributed by atoms with Crippen LogP contribution in [-0.4, -0.2) is 44.7 Å². The van der Waals surface area contributed by atoms with E-state index in [1.807, 2.05) is 19.1 Å². The monoisotopic (exact) mass is 240 g/mol. The predicted molar refractivity (Wildman–Crippen MR) is 64.7 cm³/mol. The van der Waals surface area contributed by atoms with Crippen molar-refractivity contribution in [1.82, 2.24) is 10.2 Å². The summed E-state index contributed by atoms with van der Waals surface area (Å²) >= 11 is 0. The second-order valence-electron chi connectivity index (χ2n) is 3.85. The molecule has 0 bridgehead atoms. The molecule has 1 amide bonds. The van der Waals surface area contributed by atoms with Crippen LogP contribution in [0, 0.1) is 6.92 Å². The number of nitrogens with zero attached hydrogens (tertiary/aromatic N) is 1. The van der Waals surface area contributed by atoms with E-state index in [-0.39, 0.29) is 5.91 Å². The normalized spacial score (nSPS) is 10.5. The zero-order chi connectivity index (χ0) is 12.7. The summed E-state index contributed by atoms with van der Waals surface area (Å²) in [7, 11) is 3.38. The highest BCUT2D eigenvalue weighted by Crippen LogP contribution is 2.09. The van der Waals surface area contributed by atoms with Crippen molar-refractivity contribution in [3.05, 3.63) is 23.7 Å². The van der Waals surface area contributed by atoms with Crippen molar-refractivity contribution in [1.29, 1.82) is 0 Å². The van der Waals surface area contributed by atoms with Crippen molar-refractivity contribution in [2.45, 2.75) is 13.5 Å². The molecule has 1 aromatic heterocycles. The fraction of sp³-hybridized carbons (Fsp3) is 0.583. The first-order valence-electron chi connectivity index (χ1n) is 5.64. The number of methoxy groups -OCH3 is 1. The third kappa shape index (κ3) is 4.58. The van der Waals surface area contributed by atoms with E-state index in [2.05, 4.69) is 5.32 Å². The molecule has 96 valence electrons. The lowest BCUT2D eigenvalue weighted by atomic mass is 10.3. The van der Waals surface area contributed by atoms with E-state index >= 15 is 0 Å². The van der Waals surface area contributed by atoms with E-state index in [1.165, 1.54) is 0 Å². The SMILES string of the molecule is CNCC(=O)N(CCOC)Cc1ccc(C)o1. The van der Waals surface area contributed by atoms with Gasteiger partial charge in [0, 0.05) is 13.7 Å². The number of nitrogens with one attached hydrogen (secondary N) is 1. The number of ether oxygens (including phenoxy) is 1. The third-order valence-electron chi connectivity index (χ3n) is 2.39. The Morgan fingerprint density at radius 2 is 2.29 bits per heavy atom. The summed E-state index contributed by atoms with van der Waals surface area (Å²) in [5.41, 5.74) is 0. The molecule has 0 atom stereocenters. The maximum absolute atomic E-state index is 11.8. The third-order valence-corrected chi connectivity index (χ3v) is 2.39. The van der Waals surface area contributed by atoms with Crippen molar-refractivity contribution >= 4 is 5.91 Å². The highest BCUT2D eigenvalue weighted by Gasteiger charge is 2.14. The predicted octanol–water partition coefficient (Wildman–Crippen LogP) is 0.782. The first kappa shape index (κ1) is 13.7. The molecule has 1 rings (SSSR count). The van der Waals surface area contributed by atoms with E-state index in [4.69, 9.17) is 9.15 Å². The highest BCUT2D eigenvalue weighted by molar-refractivity contribution is 5.78. The maximum atomic E-state index is 11.8. The molecular formula is C12H20N2O3. The molecule has 5 heteroatoms. The van der Waals surface area contributed by atoms with Crippen LogP contribution in [0.1, 0.15) is 11.5 Å². The zero-order valence-electron chi connectivity index (χ0n) is 10.7. The van der Waals surface area contributed by atoms with E-state index in [9.17, 15) is 4.79 Å². The number of likely N-dealkylation sites (N-methyl/N-ethyl adjacent to an activating group) is 1. The smallest absolute Gasteiger partial charge is 0.237 e. The first-order chi connectivity index (χ1) is 8.17. The maximum Gasteiger partial charge on any atom is 0.237 e. The minimum absolute atomic E-state index is 0.0404. The van der Waals surface area contributed by atoms with Crippen LogP contribution in [0.3, 0.4) is 0 Å². The summed E-state index contributed by atoms with van der Waals surface area (Å²) in [5, 5.41) is 2.85. The first-order valence-corrected chi connectivity index (χ1v) is 5.64. The van der Waals surface area contributed by atoms with E-state index in [0.29, 0.717) is 26.2 Å². The van der Waals surface area contributed by atoms with Crippen LogP contribution in [0.15, 0.2) is 16.5 Å². The van der Waals surface area contributed by atoms with Gasteiger partial charge in [0.1, 0.15) is 11.5 Å². The molecule has 0 saturated carbocycles. The molecule has 0 saturated heterocycles. The van der Waals surface area contributed by atoms with Crippen LogP contribution in [-0.2, 0) is 16.1 Å². The Kier molecular flexibility index (Phi) is 5.72. The number of rotatable bonds is 7. The Hall–Kier alpha value is -1.33. The Labute approximate surface area is 102 Å². The Balaban J connectivity index is 2.59. The van der Waals surface area contributed by atoms with E-state index < -0.39 is 0 Å². The number of hydrogen-bond acceptors (Lipinski definition) is 4. The molecule has 0 fully saturated rings. The molecule has 0 radical (unpaired) electrons. The molecule has 0 aliphatic rings. The summed E-state index contributed by atoms with van der Waals surface area (Å²) in [5.74, 6) is 1.69. The van der Waals surface area contributed by atoms with Crippen molar-refractivity contribution in [3.8, 4) is 0 Å². The second kappa shape index (κ2) is 7.09. The van der Waals surface area contributed by atoms with Gasteiger partial charge in [-0.15, -0.1) is 0 Å². The Morgan fingerprint density at radius 3 is 2.82 bits per heavy atom. The molecule has 0 aliphatic heterocycles. The van der Waals surface area contributed by atoms with Crippen molar-refractivity contribution < 1.29 is 13.9 Å². The molecule has 1 N–H and O–H groups in total. The van der Waals surface area contributed by atoms with Crippen molar-refractivity contribution in [3.63, 3.8) is 0 Å². The summed E-state index contributed by atoms with van der Waals surface area (Å²) in [4.78, 5) is 13.5. The van der Waals surface area contributed by atoms with Gasteiger partial charge < -0.3 is 19.4 Å². The summed E-state index contributed by atoms with van der Waals surface area (Å²) in [6.07, 6.45) is 0. The van der Waals surface area contributed by atoms with Crippen LogP contribution in [0.25, 0.3) is 0 Å². The van der Waals surface area contributed by atoms with Gasteiger partial charge in [-0.05, 0) is 26.1 Å². The largest absolute Gasteiger partial charge is 0.464 e. The van der Waals surface area contributed by atoms with Crippen LogP contribution < -0.4 is 5.32 Å². The fourth-order valence-corrected chi connectivity index (χ4v) is 1.51. The van der Waals surface area contributed by atoms with Gasteiger partial charge in [0.2, 0.25) is 5.91 Å². The summed E-state index contributed by atoms with van der Waals surface area (Å²) < 4.78 is 10.5. The fourth-order valence-electron chi connectivity index (χ4n) is 1.51. The van der Waals surface area contributed by atoms with Gasteiger partial charge in [0.05, 0.1) is 19.7 Å². The highest BCUT2D eigenvalue weighted by atomic mass is 16.5. The molecule has 0 aliphatic carbocycles. The number of amides is 1. The number of carbonyl (C=O) groups excluding carboxylic acids is 1. The number of hydrogen-bond donors (Lipinski definition) is 1. The van der Waals surface area contributed by atoms with E-state index in [0.717, 1.165) is 11.5 Å². The molecular weight excluding hydrogens is 220 g/mol. The molecule has 1 aromatic rings. The minimum atomic E-state index is 0.0404. The molecule has 1 heterocycles. The van der Waals surface area contributed by atoms with Gasteiger partial charge in [0.15, 0.2) is 0 Å². The minimum Gasteiger partial charge on any atom is -0.464 e. The molecule has 0 unspecified atom stereocenters. The van der Waals surface area contributed by atoms with Gasteiger partial charge in [-0.3, -0.25) is 4.79 Å². The molecule has 0 aromatic carbocycles. The second-order valence-corrected chi connectivity index (χ2v) is 3.85. The lowest BCUT2D eigenvalue weighted by molar-refractivity contribution is -0.131. The Bertz CT molecular complexity index is 349. The number of aryl methyl sites for hydroxylation is 1. The summed E-state index contributed by atoms with van der Waals surface area (Å²) in [6, 6.07) is 3.79. The molecule has 5 nitrogen and oxygen atoms in total. The van der Waals surface area contributed by atoms with Gasteiger partial charge in [-0.25, -0.2) is 0 Å². The topological polar surface area (TPSA) is 54.7 Å². The number of carbonyl (C=O) groups is 1. The lowest BCUT2D eigenvalue weighted by Crippen LogP contribution is -2.38. The Morgan fingerprint density at radius 1 is 1.53 bits per heavy atom. The average Bonchev–Trinajstić information content (AvgIpc) is 2.70. The van der Waals surface area contributed by atoms with Crippen LogP contribution in [0.2, 0.25) is 0 Å². The van der Waals surface area contributed by atoms with Crippen LogP contribution >= 0.6 is 0 Å². The van der Waals surface area contributed by atoms with Gasteiger partial charge in [-0.2, -0.15) is 0 Å². The van der Waals surface area contributed by atoms with Crippen LogP contribution in [0.5, 0.6) is 0 Å².